The van der Waals surface area contributed by atoms with E-state index >= 15 is 0 Å². The first-order chi connectivity index (χ1) is 5.49. The minimum Gasteiger partial charge on any atom is -0.479 e. The molecule has 2 saturated carbocycles. The van der Waals surface area contributed by atoms with Crippen molar-refractivity contribution in [1.82, 2.24) is 0 Å². The van der Waals surface area contributed by atoms with Crippen molar-refractivity contribution in [3.63, 3.8) is 0 Å². The fourth-order valence-electron chi connectivity index (χ4n) is 1.99. The second-order valence-corrected chi connectivity index (χ2v) is 3.31. The third kappa shape index (κ3) is 0.605. The van der Waals surface area contributed by atoms with Crippen molar-refractivity contribution >= 4 is 11.8 Å². The van der Waals surface area contributed by atoms with Gasteiger partial charge in [0.15, 0.2) is 5.78 Å². The first kappa shape index (κ1) is 7.67. The highest BCUT2D eigenvalue weighted by molar-refractivity contribution is 6.01. The van der Waals surface area contributed by atoms with Crippen LogP contribution in [0.5, 0.6) is 0 Å². The van der Waals surface area contributed by atoms with Gasteiger partial charge in [0, 0.05) is 5.92 Å². The highest BCUT2D eigenvalue weighted by atomic mass is 19.1. The fourth-order valence-corrected chi connectivity index (χ4v) is 1.99. The summed E-state index contributed by atoms with van der Waals surface area (Å²) in [4.78, 5) is 21.3. The molecule has 0 heterocycles. The molecule has 66 valence electrons. The molecule has 4 atom stereocenters. The lowest BCUT2D eigenvalue weighted by Crippen LogP contribution is -2.31. The molecule has 0 aromatic heterocycles. The lowest BCUT2D eigenvalue weighted by atomic mass is 10.1. The van der Waals surface area contributed by atoms with Crippen molar-refractivity contribution in [3.05, 3.63) is 0 Å². The number of hydrogen-bond acceptors (Lipinski definition) is 3. The summed E-state index contributed by atoms with van der Waals surface area (Å²) in [6.07, 6.45) is -1.20. The van der Waals surface area contributed by atoms with Crippen LogP contribution in [0.2, 0.25) is 0 Å². The lowest BCUT2D eigenvalue weighted by molar-refractivity contribution is -0.149. The number of aliphatic hydroxyl groups is 1. The molecule has 2 rings (SSSR count). The van der Waals surface area contributed by atoms with Gasteiger partial charge in [-0.1, -0.05) is 0 Å². The summed E-state index contributed by atoms with van der Waals surface area (Å²) in [5.74, 6) is -4.13. The number of carbonyl (C=O) groups excluding carboxylic acids is 1. The van der Waals surface area contributed by atoms with Gasteiger partial charge in [-0.2, -0.15) is 0 Å². The molecule has 12 heavy (non-hydrogen) atoms. The second kappa shape index (κ2) is 1.85. The molecule has 4 nitrogen and oxygen atoms in total. The van der Waals surface area contributed by atoms with E-state index in [1.807, 2.05) is 0 Å². The molecular weight excluding hydrogens is 167 g/mol. The van der Waals surface area contributed by atoms with Gasteiger partial charge in [-0.05, 0) is 6.42 Å². The number of carbonyl (C=O) groups is 2. The summed E-state index contributed by atoms with van der Waals surface area (Å²) in [5, 5.41) is 17.3. The van der Waals surface area contributed by atoms with Crippen molar-refractivity contribution in [3.8, 4) is 0 Å². The number of hydrogen-bond donors (Lipinski definition) is 2. The van der Waals surface area contributed by atoms with Crippen LogP contribution >= 0.6 is 0 Å². The zero-order chi connectivity index (χ0) is 9.09. The van der Waals surface area contributed by atoms with E-state index in [9.17, 15) is 14.0 Å². The molecule has 0 amide bonds. The number of halogens is 1. The molecule has 0 bridgehead atoms. The lowest BCUT2D eigenvalue weighted by Gasteiger charge is -2.08. The van der Waals surface area contributed by atoms with E-state index in [1.165, 1.54) is 0 Å². The van der Waals surface area contributed by atoms with Crippen molar-refractivity contribution in [2.45, 2.75) is 18.2 Å². The molecule has 0 spiro atoms. The number of Topliss-reactive ketones (excluding diaryl/α,β-unsaturated/α-hetero) is 1. The van der Waals surface area contributed by atoms with E-state index in [0.717, 1.165) is 0 Å². The van der Waals surface area contributed by atoms with Crippen LogP contribution in [0.4, 0.5) is 4.39 Å². The quantitative estimate of drug-likeness (QED) is 0.554. The van der Waals surface area contributed by atoms with E-state index in [4.69, 9.17) is 10.2 Å². The highest BCUT2D eigenvalue weighted by Crippen LogP contribution is 2.61. The molecule has 5 heteroatoms. The van der Waals surface area contributed by atoms with Gasteiger partial charge < -0.3 is 10.2 Å². The normalized spacial score (nSPS) is 50.5. The number of fused-ring (bicyclic) bond motifs is 1. The molecule has 2 aliphatic rings. The second-order valence-electron chi connectivity index (χ2n) is 3.31. The number of rotatable bonds is 1. The number of carboxylic acids is 1. The van der Waals surface area contributed by atoms with Crippen LogP contribution in [0.15, 0.2) is 0 Å². The number of aliphatic carboxylic acids is 1. The molecule has 0 aromatic carbocycles. The van der Waals surface area contributed by atoms with Crippen LogP contribution in [-0.2, 0) is 9.59 Å². The maximum absolute atomic E-state index is 13.2. The Morgan fingerprint density at radius 3 is 2.58 bits per heavy atom. The monoisotopic (exact) mass is 174 g/mol. The zero-order valence-corrected chi connectivity index (χ0v) is 6.03. The van der Waals surface area contributed by atoms with Gasteiger partial charge in [-0.25, -0.2) is 9.18 Å². The third-order valence-corrected chi connectivity index (χ3v) is 2.73. The van der Waals surface area contributed by atoms with E-state index in [2.05, 4.69) is 0 Å². The van der Waals surface area contributed by atoms with Gasteiger partial charge in [0.05, 0.1) is 5.92 Å². The Bertz CT molecular complexity index is 277. The minimum atomic E-state index is -2.38. The fraction of sp³-hybridized carbons (Fsp3) is 0.714. The summed E-state index contributed by atoms with van der Waals surface area (Å²) in [5.41, 5.74) is -2.38. The Kier molecular flexibility index (Phi) is 1.18. The van der Waals surface area contributed by atoms with Gasteiger partial charge in [-0.3, -0.25) is 4.79 Å². The first-order valence-electron chi connectivity index (χ1n) is 3.63. The van der Waals surface area contributed by atoms with Crippen LogP contribution < -0.4 is 0 Å². The van der Waals surface area contributed by atoms with E-state index in [1.54, 1.807) is 0 Å². The molecule has 0 unspecified atom stereocenters. The largest absolute Gasteiger partial charge is 0.479 e. The van der Waals surface area contributed by atoms with E-state index in [-0.39, 0.29) is 6.42 Å². The molecule has 0 saturated heterocycles. The number of aliphatic hydroxyl groups excluding tert-OH is 1. The SMILES string of the molecule is O=C1[C@H](O)C[C@@H]2[C@H]1[C@@]2(F)C(=O)O. The molecule has 0 aromatic rings. The molecule has 2 aliphatic carbocycles. The summed E-state index contributed by atoms with van der Waals surface area (Å²) >= 11 is 0. The van der Waals surface area contributed by atoms with Gasteiger partial charge in [-0.15, -0.1) is 0 Å². The summed E-state index contributed by atoms with van der Waals surface area (Å²) in [7, 11) is 0. The summed E-state index contributed by atoms with van der Waals surface area (Å²) < 4.78 is 13.2. The summed E-state index contributed by atoms with van der Waals surface area (Å²) in [6.45, 7) is 0. The van der Waals surface area contributed by atoms with E-state index in [0.29, 0.717) is 0 Å². The molecule has 0 radical (unpaired) electrons. The number of ketones is 1. The minimum absolute atomic E-state index is 0.0493. The zero-order valence-electron chi connectivity index (χ0n) is 6.03. The van der Waals surface area contributed by atoms with Gasteiger partial charge in [0.1, 0.15) is 6.10 Å². The molecule has 2 N–H and O–H groups in total. The smallest absolute Gasteiger partial charge is 0.342 e. The van der Waals surface area contributed by atoms with Crippen molar-refractivity contribution in [2.24, 2.45) is 11.8 Å². The van der Waals surface area contributed by atoms with Crippen molar-refractivity contribution in [1.29, 1.82) is 0 Å². The third-order valence-electron chi connectivity index (χ3n) is 2.73. The first-order valence-corrected chi connectivity index (χ1v) is 3.63. The van der Waals surface area contributed by atoms with Crippen LogP contribution in [0, 0.1) is 11.8 Å². The Hall–Kier alpha value is -0.970. The van der Waals surface area contributed by atoms with Crippen LogP contribution in [0.3, 0.4) is 0 Å². The molecule has 2 fully saturated rings. The van der Waals surface area contributed by atoms with Crippen LogP contribution in [-0.4, -0.2) is 33.7 Å². The van der Waals surface area contributed by atoms with Gasteiger partial charge >= 0.3 is 5.97 Å². The van der Waals surface area contributed by atoms with Crippen LogP contribution in [0.1, 0.15) is 6.42 Å². The van der Waals surface area contributed by atoms with Gasteiger partial charge in [0.25, 0.3) is 0 Å². The van der Waals surface area contributed by atoms with E-state index < -0.39 is 35.4 Å². The molecule has 0 aliphatic heterocycles. The molecular formula is C7H7FO4. The van der Waals surface area contributed by atoms with Crippen LogP contribution in [0.25, 0.3) is 0 Å². The predicted octanol–water partition coefficient (Wildman–Crippen LogP) is -0.641. The number of alkyl halides is 1. The Morgan fingerprint density at radius 1 is 1.67 bits per heavy atom. The van der Waals surface area contributed by atoms with Crippen molar-refractivity contribution in [2.75, 3.05) is 0 Å². The average Bonchev–Trinajstić information content (AvgIpc) is 2.43. The Morgan fingerprint density at radius 2 is 2.25 bits per heavy atom. The predicted molar refractivity (Wildman–Crippen MR) is 34.1 cm³/mol. The summed E-state index contributed by atoms with van der Waals surface area (Å²) in [6, 6.07) is 0. The average molecular weight is 174 g/mol. The topological polar surface area (TPSA) is 74.6 Å². The Labute approximate surface area is 67.0 Å². The van der Waals surface area contributed by atoms with Crippen molar-refractivity contribution < 1.29 is 24.2 Å². The Balaban J connectivity index is 2.24. The number of carboxylic acid groups (broad SMARTS) is 1. The maximum Gasteiger partial charge on any atom is 0.342 e. The van der Waals surface area contributed by atoms with Gasteiger partial charge in [0.2, 0.25) is 5.67 Å². The highest BCUT2D eigenvalue weighted by Gasteiger charge is 2.78. The maximum atomic E-state index is 13.2. The standard InChI is InChI=1S/C7H7FO4/c8-7(6(11)12)2-1-3(9)5(10)4(2)7/h2-4,9H,1H2,(H,11,12)/t2-,3-,4-,7-/m1/s1.